The highest BCUT2D eigenvalue weighted by Gasteiger charge is 2.23. The van der Waals surface area contributed by atoms with Gasteiger partial charge in [-0.15, -0.1) is 0 Å². The predicted octanol–water partition coefficient (Wildman–Crippen LogP) is 3.02. The van der Waals surface area contributed by atoms with Gasteiger partial charge in [0.05, 0.1) is 11.3 Å². The summed E-state index contributed by atoms with van der Waals surface area (Å²) in [6, 6.07) is 7.16. The van der Waals surface area contributed by atoms with E-state index in [9.17, 15) is 4.79 Å². The summed E-state index contributed by atoms with van der Waals surface area (Å²) in [4.78, 5) is 29.9. The average Bonchev–Trinajstić information content (AvgIpc) is 3.24. The van der Waals surface area contributed by atoms with Gasteiger partial charge in [-0.25, -0.2) is 14.8 Å². The molecule has 1 aliphatic rings. The third-order valence-corrected chi connectivity index (χ3v) is 5.19. The van der Waals surface area contributed by atoms with E-state index < -0.39 is 5.97 Å². The number of aromatic nitrogens is 4. The number of benzene rings is 1. The smallest absolute Gasteiger partial charge is 0.335 e. The topological polar surface area (TPSA) is 95.0 Å². The lowest BCUT2D eigenvalue weighted by molar-refractivity contribution is 0.0697. The zero-order valence-corrected chi connectivity index (χ0v) is 15.6. The number of nitrogens with one attached hydrogen (secondary N) is 1. The maximum Gasteiger partial charge on any atom is 0.335 e. The number of carboxylic acids is 1. The number of H-pyrrole nitrogens is 1. The molecule has 2 aromatic heterocycles. The minimum Gasteiger partial charge on any atom is -0.478 e. The largest absolute Gasteiger partial charge is 0.478 e. The van der Waals surface area contributed by atoms with E-state index in [4.69, 9.17) is 5.11 Å². The minimum atomic E-state index is -0.888. The van der Waals surface area contributed by atoms with Crippen molar-refractivity contribution in [2.24, 2.45) is 5.92 Å². The molecule has 2 N–H and O–H groups in total. The van der Waals surface area contributed by atoms with Crippen LogP contribution in [0.5, 0.6) is 0 Å². The van der Waals surface area contributed by atoms with Crippen LogP contribution >= 0.6 is 0 Å². The first-order valence-electron chi connectivity index (χ1n) is 9.53. The Bertz CT molecular complexity index is 924. The molecule has 28 heavy (non-hydrogen) atoms. The second kappa shape index (κ2) is 8.31. The lowest BCUT2D eigenvalue weighted by Crippen LogP contribution is -2.36. The molecule has 0 unspecified atom stereocenters. The lowest BCUT2D eigenvalue weighted by Gasteiger charge is -2.32. The van der Waals surface area contributed by atoms with Crippen molar-refractivity contribution < 1.29 is 9.90 Å². The Morgan fingerprint density at radius 3 is 2.71 bits per heavy atom. The van der Waals surface area contributed by atoms with Crippen molar-refractivity contribution in [3.05, 3.63) is 65.9 Å². The number of hydrogen-bond acceptors (Lipinski definition) is 5. The van der Waals surface area contributed by atoms with E-state index in [2.05, 4.69) is 24.8 Å². The monoisotopic (exact) mass is 377 g/mol. The van der Waals surface area contributed by atoms with Crippen LogP contribution < -0.4 is 0 Å². The van der Waals surface area contributed by atoms with Crippen LogP contribution in [0.1, 0.15) is 34.5 Å². The molecule has 3 aromatic rings. The highest BCUT2D eigenvalue weighted by Crippen LogP contribution is 2.25. The van der Waals surface area contributed by atoms with E-state index in [0.717, 1.165) is 55.3 Å². The lowest BCUT2D eigenvalue weighted by atomic mass is 9.92. The van der Waals surface area contributed by atoms with Gasteiger partial charge in [-0.1, -0.05) is 12.1 Å². The van der Waals surface area contributed by atoms with Crippen LogP contribution in [0.3, 0.4) is 0 Å². The SMILES string of the molecule is O=C(O)c1ccc(CN2CCC[C@@H](Cc3nccnc3-c3ncc[nH]3)C2)cc1. The predicted molar refractivity (Wildman–Crippen MR) is 105 cm³/mol. The van der Waals surface area contributed by atoms with Crippen molar-refractivity contribution in [3.63, 3.8) is 0 Å². The van der Waals surface area contributed by atoms with E-state index in [-0.39, 0.29) is 0 Å². The molecule has 0 amide bonds. The van der Waals surface area contributed by atoms with Crippen molar-refractivity contribution in [1.82, 2.24) is 24.8 Å². The maximum atomic E-state index is 11.0. The van der Waals surface area contributed by atoms with Gasteiger partial charge in [0, 0.05) is 37.9 Å². The van der Waals surface area contributed by atoms with Gasteiger partial charge in [0.1, 0.15) is 5.69 Å². The molecule has 0 aliphatic carbocycles. The zero-order valence-electron chi connectivity index (χ0n) is 15.6. The molecular formula is C21H23N5O2. The molecule has 1 atom stereocenters. The second-order valence-electron chi connectivity index (χ2n) is 7.24. The van der Waals surface area contributed by atoms with Crippen LogP contribution in [0.25, 0.3) is 11.5 Å². The first-order valence-corrected chi connectivity index (χ1v) is 9.53. The summed E-state index contributed by atoms with van der Waals surface area (Å²) in [5.74, 6) is 0.382. The molecule has 1 aliphatic heterocycles. The molecule has 0 bridgehead atoms. The first kappa shape index (κ1) is 18.3. The highest BCUT2D eigenvalue weighted by molar-refractivity contribution is 5.87. The van der Waals surface area contributed by atoms with Gasteiger partial charge in [-0.05, 0) is 49.4 Å². The molecule has 4 rings (SSSR count). The van der Waals surface area contributed by atoms with E-state index in [0.29, 0.717) is 11.5 Å². The van der Waals surface area contributed by atoms with Crippen molar-refractivity contribution in [3.8, 4) is 11.5 Å². The van der Waals surface area contributed by atoms with Crippen molar-refractivity contribution in [2.45, 2.75) is 25.8 Å². The highest BCUT2D eigenvalue weighted by atomic mass is 16.4. The van der Waals surface area contributed by atoms with E-state index in [1.54, 1.807) is 36.9 Å². The molecule has 1 aromatic carbocycles. The van der Waals surface area contributed by atoms with E-state index >= 15 is 0 Å². The molecule has 7 nitrogen and oxygen atoms in total. The van der Waals surface area contributed by atoms with Gasteiger partial charge in [0.2, 0.25) is 0 Å². The van der Waals surface area contributed by atoms with Crippen LogP contribution in [0.15, 0.2) is 49.1 Å². The molecule has 1 saturated heterocycles. The number of likely N-dealkylation sites (tertiary alicyclic amines) is 1. The molecule has 144 valence electrons. The second-order valence-corrected chi connectivity index (χ2v) is 7.24. The number of carbonyl (C=O) groups is 1. The van der Waals surface area contributed by atoms with Gasteiger partial charge < -0.3 is 10.1 Å². The first-order chi connectivity index (χ1) is 13.7. The summed E-state index contributed by atoms with van der Waals surface area (Å²) in [6.07, 6.45) is 10.2. The van der Waals surface area contributed by atoms with Crippen LogP contribution in [-0.2, 0) is 13.0 Å². The number of imidazole rings is 1. The van der Waals surface area contributed by atoms with Gasteiger partial charge in [0.15, 0.2) is 5.82 Å². The summed E-state index contributed by atoms with van der Waals surface area (Å²) in [5, 5.41) is 9.03. The Labute approximate surface area is 163 Å². The minimum absolute atomic E-state index is 0.327. The standard InChI is InChI=1S/C21H23N5O2/c27-21(28)17-5-3-15(4-6-17)13-26-11-1-2-16(14-26)12-18-19(23-8-7-22-18)20-24-9-10-25-20/h3-10,16H,1-2,11-14H2,(H,24,25)(H,27,28)/t16-/m0/s1. The van der Waals surface area contributed by atoms with Gasteiger partial charge in [-0.2, -0.15) is 0 Å². The van der Waals surface area contributed by atoms with E-state index in [1.807, 2.05) is 12.1 Å². The summed E-state index contributed by atoms with van der Waals surface area (Å²) < 4.78 is 0. The summed E-state index contributed by atoms with van der Waals surface area (Å²) >= 11 is 0. The number of nitrogens with zero attached hydrogens (tertiary/aromatic N) is 4. The number of aromatic carboxylic acids is 1. The van der Waals surface area contributed by atoms with E-state index in [1.165, 1.54) is 6.42 Å². The van der Waals surface area contributed by atoms with Gasteiger partial charge in [-0.3, -0.25) is 9.88 Å². The van der Waals surface area contributed by atoms with Gasteiger partial charge >= 0.3 is 5.97 Å². The normalized spacial score (nSPS) is 17.5. The third-order valence-electron chi connectivity index (χ3n) is 5.19. The van der Waals surface area contributed by atoms with Gasteiger partial charge in [0.25, 0.3) is 0 Å². The Morgan fingerprint density at radius 2 is 1.96 bits per heavy atom. The third kappa shape index (κ3) is 4.26. The molecule has 1 fully saturated rings. The van der Waals surface area contributed by atoms with Crippen LogP contribution in [0.2, 0.25) is 0 Å². The van der Waals surface area contributed by atoms with Crippen LogP contribution in [-0.4, -0.2) is 49.0 Å². The number of aromatic amines is 1. The van der Waals surface area contributed by atoms with Crippen molar-refractivity contribution in [2.75, 3.05) is 13.1 Å². The average molecular weight is 377 g/mol. The fraction of sp³-hybridized carbons (Fsp3) is 0.333. The molecule has 0 spiro atoms. The summed E-state index contributed by atoms with van der Waals surface area (Å²) in [6.45, 7) is 2.89. The Balaban J connectivity index is 1.41. The Kier molecular flexibility index (Phi) is 5.43. The quantitative estimate of drug-likeness (QED) is 0.686. The number of piperidine rings is 1. The summed E-state index contributed by atoms with van der Waals surface area (Å²) in [7, 11) is 0. The number of rotatable bonds is 6. The fourth-order valence-corrected chi connectivity index (χ4v) is 3.85. The van der Waals surface area contributed by atoms with Crippen molar-refractivity contribution >= 4 is 5.97 Å². The number of hydrogen-bond donors (Lipinski definition) is 2. The van der Waals surface area contributed by atoms with Crippen LogP contribution in [0, 0.1) is 5.92 Å². The summed E-state index contributed by atoms with van der Waals surface area (Å²) in [5.41, 5.74) is 3.28. The molecule has 3 heterocycles. The zero-order chi connectivity index (χ0) is 19.3. The maximum absolute atomic E-state index is 11.0. The molecular weight excluding hydrogens is 354 g/mol. The number of carboxylic acid groups (broad SMARTS) is 1. The van der Waals surface area contributed by atoms with Crippen LogP contribution in [0.4, 0.5) is 0 Å². The fourth-order valence-electron chi connectivity index (χ4n) is 3.85. The molecule has 0 radical (unpaired) electrons. The Hall–Kier alpha value is -3.06. The Morgan fingerprint density at radius 1 is 1.14 bits per heavy atom. The molecule has 0 saturated carbocycles. The molecule has 7 heteroatoms. The van der Waals surface area contributed by atoms with Crippen molar-refractivity contribution in [1.29, 1.82) is 0 Å².